The number of rotatable bonds is 6. The first-order valence-electron chi connectivity index (χ1n) is 6.93. The summed E-state index contributed by atoms with van der Waals surface area (Å²) in [5.74, 6) is -0.191. The fraction of sp³-hybridized carbons (Fsp3) is 0.375. The third-order valence-corrected chi connectivity index (χ3v) is 4.39. The minimum absolute atomic E-state index is 0.191. The molecule has 0 aliphatic rings. The van der Waals surface area contributed by atoms with Gasteiger partial charge in [0.05, 0.1) is 16.6 Å². The molecule has 0 aliphatic carbocycles. The fourth-order valence-electron chi connectivity index (χ4n) is 2.19. The van der Waals surface area contributed by atoms with E-state index in [0.29, 0.717) is 24.8 Å². The third-order valence-electron chi connectivity index (χ3n) is 3.17. The summed E-state index contributed by atoms with van der Waals surface area (Å²) in [6.45, 7) is 5.46. The second kappa shape index (κ2) is 7.25. The van der Waals surface area contributed by atoms with Gasteiger partial charge in [-0.2, -0.15) is 0 Å². The van der Waals surface area contributed by atoms with Crippen molar-refractivity contribution in [3.05, 3.63) is 50.9 Å². The highest BCUT2D eigenvalue weighted by Gasteiger charge is 2.14. The van der Waals surface area contributed by atoms with Gasteiger partial charge in [-0.05, 0) is 23.8 Å². The highest BCUT2D eigenvalue weighted by atomic mass is 35.5. The number of halogens is 2. The summed E-state index contributed by atoms with van der Waals surface area (Å²) in [5.41, 5.74) is 1.61. The lowest BCUT2D eigenvalue weighted by atomic mass is 10.1. The Labute approximate surface area is 134 Å². The van der Waals surface area contributed by atoms with Gasteiger partial charge in [0, 0.05) is 24.5 Å². The molecule has 0 saturated heterocycles. The Bertz CT molecular complexity index is 598. The number of benzene rings is 1. The molecule has 1 N–H and O–H groups in total. The number of hydrogen-bond acceptors (Lipinski definition) is 3. The molecule has 2 aromatic rings. The Kier molecular flexibility index (Phi) is 5.62. The lowest BCUT2D eigenvalue weighted by Crippen LogP contribution is -2.25. The molecule has 1 heterocycles. The number of thiophene rings is 1. The van der Waals surface area contributed by atoms with Crippen molar-refractivity contribution in [2.24, 2.45) is 0 Å². The molecule has 2 rings (SSSR count). The Hall–Kier alpha value is -1.10. The van der Waals surface area contributed by atoms with Gasteiger partial charge in [-0.25, -0.2) is 4.39 Å². The van der Waals surface area contributed by atoms with Gasteiger partial charge in [-0.15, -0.1) is 11.3 Å². The normalized spacial score (nSPS) is 11.1. The van der Waals surface area contributed by atoms with Gasteiger partial charge in [-0.1, -0.05) is 37.6 Å². The van der Waals surface area contributed by atoms with E-state index in [1.165, 1.54) is 17.4 Å². The van der Waals surface area contributed by atoms with Crippen molar-refractivity contribution in [1.82, 2.24) is 5.32 Å². The summed E-state index contributed by atoms with van der Waals surface area (Å²) in [5, 5.41) is 3.34. The van der Waals surface area contributed by atoms with E-state index in [0.717, 1.165) is 14.8 Å². The van der Waals surface area contributed by atoms with Crippen LogP contribution in [0.4, 0.5) is 10.1 Å². The first-order chi connectivity index (χ1) is 9.97. The summed E-state index contributed by atoms with van der Waals surface area (Å²) >= 11 is 7.48. The van der Waals surface area contributed by atoms with Crippen molar-refractivity contribution < 1.29 is 4.39 Å². The van der Waals surface area contributed by atoms with Crippen LogP contribution < -0.4 is 10.2 Å². The Morgan fingerprint density at radius 3 is 2.67 bits per heavy atom. The predicted molar refractivity (Wildman–Crippen MR) is 89.8 cm³/mol. The van der Waals surface area contributed by atoms with Crippen molar-refractivity contribution in [3.8, 4) is 0 Å². The SMILES string of the molecule is CC(C)NCc1cccc(F)c1N(C)Cc1ccc(Cl)s1. The molecule has 21 heavy (non-hydrogen) atoms. The zero-order valence-electron chi connectivity index (χ0n) is 12.5. The molecule has 0 saturated carbocycles. The van der Waals surface area contributed by atoms with E-state index in [-0.39, 0.29) is 5.82 Å². The standard InChI is InChI=1S/C16H20ClFN2S/c1-11(2)19-9-12-5-4-6-14(18)16(12)20(3)10-13-7-8-15(17)21-13/h4-8,11,19H,9-10H2,1-3H3. The van der Waals surface area contributed by atoms with Crippen LogP contribution in [0.5, 0.6) is 0 Å². The molecular formula is C16H20ClFN2S. The predicted octanol–water partition coefficient (Wildman–Crippen LogP) is 4.68. The van der Waals surface area contributed by atoms with E-state index in [2.05, 4.69) is 19.2 Å². The first kappa shape index (κ1) is 16.3. The Morgan fingerprint density at radius 2 is 2.05 bits per heavy atom. The number of anilines is 1. The van der Waals surface area contributed by atoms with Crippen LogP contribution in [0.15, 0.2) is 30.3 Å². The molecule has 1 aromatic heterocycles. The van der Waals surface area contributed by atoms with E-state index < -0.39 is 0 Å². The van der Waals surface area contributed by atoms with Gasteiger partial charge in [-0.3, -0.25) is 0 Å². The molecule has 0 spiro atoms. The Balaban J connectivity index is 2.20. The van der Waals surface area contributed by atoms with Gasteiger partial charge < -0.3 is 10.2 Å². The van der Waals surface area contributed by atoms with Gasteiger partial charge >= 0.3 is 0 Å². The maximum Gasteiger partial charge on any atom is 0.146 e. The second-order valence-corrected chi connectivity index (χ2v) is 7.14. The maximum atomic E-state index is 14.2. The van der Waals surface area contributed by atoms with Crippen LogP contribution in [0.3, 0.4) is 0 Å². The van der Waals surface area contributed by atoms with E-state index in [9.17, 15) is 4.39 Å². The molecule has 114 valence electrons. The monoisotopic (exact) mass is 326 g/mol. The fourth-order valence-corrected chi connectivity index (χ4v) is 3.33. The summed E-state index contributed by atoms with van der Waals surface area (Å²) < 4.78 is 15.0. The maximum absolute atomic E-state index is 14.2. The molecule has 1 aromatic carbocycles. The van der Waals surface area contributed by atoms with Crippen LogP contribution in [0, 0.1) is 5.82 Å². The highest BCUT2D eigenvalue weighted by Crippen LogP contribution is 2.28. The number of para-hydroxylation sites is 1. The van der Waals surface area contributed by atoms with Crippen molar-refractivity contribution >= 4 is 28.6 Å². The summed E-state index contributed by atoms with van der Waals surface area (Å²) in [6.07, 6.45) is 0. The van der Waals surface area contributed by atoms with Crippen LogP contribution in [0.2, 0.25) is 4.34 Å². The van der Waals surface area contributed by atoms with Gasteiger partial charge in [0.25, 0.3) is 0 Å². The molecule has 0 aliphatic heterocycles. The molecule has 0 fully saturated rings. The lowest BCUT2D eigenvalue weighted by molar-refractivity contribution is 0.579. The second-order valence-electron chi connectivity index (χ2n) is 5.35. The molecule has 0 unspecified atom stereocenters. The zero-order chi connectivity index (χ0) is 15.4. The van der Waals surface area contributed by atoms with Crippen LogP contribution in [-0.2, 0) is 13.1 Å². The molecule has 2 nitrogen and oxygen atoms in total. The molecule has 0 atom stereocenters. The largest absolute Gasteiger partial charge is 0.367 e. The minimum Gasteiger partial charge on any atom is -0.367 e. The van der Waals surface area contributed by atoms with Crippen LogP contribution in [0.1, 0.15) is 24.3 Å². The van der Waals surface area contributed by atoms with Crippen molar-refractivity contribution in [2.75, 3.05) is 11.9 Å². The van der Waals surface area contributed by atoms with Crippen molar-refractivity contribution in [3.63, 3.8) is 0 Å². The van der Waals surface area contributed by atoms with Crippen LogP contribution in [0.25, 0.3) is 0 Å². The molecule has 0 amide bonds. The Morgan fingerprint density at radius 1 is 1.29 bits per heavy atom. The summed E-state index contributed by atoms with van der Waals surface area (Å²) in [6, 6.07) is 9.44. The number of hydrogen-bond donors (Lipinski definition) is 1. The lowest BCUT2D eigenvalue weighted by Gasteiger charge is -2.23. The molecule has 5 heteroatoms. The van der Waals surface area contributed by atoms with Gasteiger partial charge in [0.15, 0.2) is 0 Å². The quantitative estimate of drug-likeness (QED) is 0.829. The van der Waals surface area contributed by atoms with Crippen molar-refractivity contribution in [1.29, 1.82) is 0 Å². The van der Waals surface area contributed by atoms with E-state index >= 15 is 0 Å². The first-order valence-corrected chi connectivity index (χ1v) is 8.13. The summed E-state index contributed by atoms with van der Waals surface area (Å²) in [4.78, 5) is 3.06. The third kappa shape index (κ3) is 4.43. The van der Waals surface area contributed by atoms with E-state index in [4.69, 9.17) is 11.6 Å². The average Bonchev–Trinajstić information content (AvgIpc) is 2.81. The van der Waals surface area contributed by atoms with Gasteiger partial charge in [0.2, 0.25) is 0 Å². The summed E-state index contributed by atoms with van der Waals surface area (Å²) in [7, 11) is 1.91. The number of nitrogens with zero attached hydrogens (tertiary/aromatic N) is 1. The smallest absolute Gasteiger partial charge is 0.146 e. The van der Waals surface area contributed by atoms with E-state index in [1.54, 1.807) is 6.07 Å². The van der Waals surface area contributed by atoms with Crippen molar-refractivity contribution in [2.45, 2.75) is 33.0 Å². The highest BCUT2D eigenvalue weighted by molar-refractivity contribution is 7.16. The molecule has 0 radical (unpaired) electrons. The minimum atomic E-state index is -0.191. The van der Waals surface area contributed by atoms with Crippen LogP contribution >= 0.6 is 22.9 Å². The molecular weight excluding hydrogens is 307 g/mol. The zero-order valence-corrected chi connectivity index (χ0v) is 14.1. The topological polar surface area (TPSA) is 15.3 Å². The average molecular weight is 327 g/mol. The van der Waals surface area contributed by atoms with Crippen LogP contribution in [-0.4, -0.2) is 13.1 Å². The van der Waals surface area contributed by atoms with Gasteiger partial charge in [0.1, 0.15) is 5.82 Å². The molecule has 0 bridgehead atoms. The van der Waals surface area contributed by atoms with E-state index in [1.807, 2.05) is 30.1 Å². The number of nitrogens with one attached hydrogen (secondary N) is 1.